The monoisotopic (exact) mass is 1980 g/mol. The SMILES string of the molecule is [2H]C([2H])([2H])c1c[n+](C)c(-c2cc(-c3ccccc3C([2H])([2H])[2H])c(C([2H])([2H])[2H])cc2C)cc1-c1ccccc1.[2H]C([2H])([2H])c1ccccc1-c1cc(-c2cc(-c3c(C([2H])([2H])[2H])cccc3C([2H])([2H])[2H])c(C([2H])([2H])[2H])c[n+]2C)c(C)cc1C([2H])([2H])[2H].[2H]C([2H])([2H])c1ccccc1-c1cc(-c2cc(-c3ccccc3)cc[n+]2C)c(C)cc1C([2H])([2H])[2H].[2H]C([2H])([2H])c1ccccc1-c1cc(-c2cc(-c3ccccc3C([2H])([2H])[2H])c(C([2H])([2H])[2H])c[n+]2C)c(C)cc1C([2H])([2H])[2H].[2H]C([2H])([2H])c1ccccc1-c1cc(-c2cc(C3([2H])CCCCC3)c(C([2H])([2H])[2H])c[n+]2C)c(C)cc1C([2H])([2H])[2H]. The minimum atomic E-state index is -2.80. The van der Waals surface area contributed by atoms with Crippen LogP contribution in [-0.4, -0.2) is 0 Å². The summed E-state index contributed by atoms with van der Waals surface area (Å²) in [5, 5.41) is 0. The van der Waals surface area contributed by atoms with E-state index >= 15 is 0 Å². The molecule has 147 heavy (non-hydrogen) atoms. The summed E-state index contributed by atoms with van der Waals surface area (Å²) in [6.45, 7) is -34.3. The Morgan fingerprint density at radius 3 is 0.776 bits per heavy atom. The lowest BCUT2D eigenvalue weighted by Gasteiger charge is -2.23. The van der Waals surface area contributed by atoms with Gasteiger partial charge in [-0.3, -0.25) is 0 Å². The first-order chi connectivity index (χ1) is 91.5. The van der Waals surface area contributed by atoms with Crippen molar-refractivity contribution in [1.82, 2.24) is 0 Å². The fraction of sp³-hybridized carbons (Fsp3) is 0.232. The van der Waals surface area contributed by atoms with Gasteiger partial charge < -0.3 is 0 Å². The normalized spacial score (nSPS) is 18.7. The number of aryl methyl sites for hydroxylation is 27. The standard InChI is InChI=1S/C30H32N.C29H30N.C28H34N.C28H28N.C27H26N/c1-19-11-8-9-14-25(19)26-16-27(23(5)15-22(26)4)29-17-28(24(6)18-31(29)7)30-20(2)12-10-13-21(30)3;1-19-11-7-9-13-24(19)26-16-28(22(4)15-21(26)3)29-17-27(23(5)18-30(29)6)25-14-10-8-12-20(25)2;2*1-19-11-9-10-14-24(19)26-16-27(21(3)15-20(26)2)28-17-25(22(4)18-29(28)5)23-12-7-6-8-13-23;1-19-10-8-9-13-24(19)25-18-26(21(3)16-20(25)2)27-17-23(14-15-28(27)4)22-11-6-5-7-12-22/h8-18H,1-7H3;7-18H,1-6H3;9-11,14-18,23H,6-8,12-13H2,1-5H3;6-18H,1-5H3;5-18H,1-4H3/q5*+1/i1D3,2D3,3D3,4D3,6D3;1D3,2D3,3D3,5D3;1D3,2D3,4D3,23D;1D3,2D3,4D3;1D3,2D3. The highest BCUT2D eigenvalue weighted by Crippen LogP contribution is 2.44. The van der Waals surface area contributed by atoms with Gasteiger partial charge in [-0.1, -0.05) is 274 Å². The van der Waals surface area contributed by atoms with Crippen molar-refractivity contribution in [2.24, 2.45) is 35.2 Å². The fourth-order valence-corrected chi connectivity index (χ4v) is 19.3. The first-order valence-electron chi connectivity index (χ1n) is 74.3. The third-order valence-corrected chi connectivity index (χ3v) is 27.1. The largest absolute Gasteiger partial charge is 0.213 e. The zero-order chi connectivity index (χ0) is 148. The molecule has 1 saturated carbocycles. The van der Waals surface area contributed by atoms with E-state index in [-0.39, 0.29) is 139 Å². The molecule has 5 heteroatoms. The zero-order valence-corrected chi connectivity index (χ0v) is 83.8. The van der Waals surface area contributed by atoms with Gasteiger partial charge in [-0.15, -0.1) is 0 Å². The van der Waals surface area contributed by atoms with Crippen LogP contribution in [0.15, 0.2) is 353 Å². The topological polar surface area (TPSA) is 19.4 Å². The Hall–Kier alpha value is -15.2. The molecule has 0 spiro atoms. The summed E-state index contributed by atoms with van der Waals surface area (Å²) in [7, 11) is 8.63. The van der Waals surface area contributed by atoms with Crippen LogP contribution in [0, 0.1) is 151 Å². The van der Waals surface area contributed by atoms with Crippen LogP contribution in [0.3, 0.4) is 0 Å². The lowest BCUT2D eigenvalue weighted by Crippen LogP contribution is -2.32. The Kier molecular flexibility index (Phi) is 17.9. The van der Waals surface area contributed by atoms with Crippen LogP contribution in [0.5, 0.6) is 0 Å². The Morgan fingerprint density at radius 2 is 0.442 bits per heavy atom. The smallest absolute Gasteiger partial charge is 0.201 e. The Bertz CT molecular complexity index is 10200. The fourth-order valence-electron chi connectivity index (χ4n) is 19.3. The Balaban J connectivity index is 0.000000170. The van der Waals surface area contributed by atoms with Gasteiger partial charge in [0.2, 0.25) is 28.5 Å². The van der Waals surface area contributed by atoms with Crippen LogP contribution in [0.1, 0.15) is 237 Å². The van der Waals surface area contributed by atoms with Crippen LogP contribution in [-0.2, 0) is 35.2 Å². The van der Waals surface area contributed by atoms with E-state index in [4.69, 9.17) is 69.9 Å². The van der Waals surface area contributed by atoms with Crippen molar-refractivity contribution in [3.63, 3.8) is 0 Å². The summed E-state index contributed by atoms with van der Waals surface area (Å²) in [6.07, 6.45) is 11.7. The number of hydrogen-bond donors (Lipinski definition) is 0. The van der Waals surface area contributed by atoms with Gasteiger partial charge in [-0.25, -0.2) is 22.8 Å². The van der Waals surface area contributed by atoms with E-state index in [1.54, 1.807) is 246 Å². The van der Waals surface area contributed by atoms with Gasteiger partial charge in [0.25, 0.3) is 0 Å². The summed E-state index contributed by atoms with van der Waals surface area (Å²) in [5.41, 5.74) is 15.7. The third-order valence-electron chi connectivity index (χ3n) is 27.1. The lowest BCUT2D eigenvalue weighted by molar-refractivity contribution is -0.660. The van der Waals surface area contributed by atoms with Crippen molar-refractivity contribution < 1.29 is 94.1 Å². The second-order valence-corrected chi connectivity index (χ2v) is 37.3. The molecule has 0 saturated heterocycles. The Labute approximate surface area is 952 Å². The number of pyridine rings is 5. The molecule has 5 aromatic heterocycles. The van der Waals surface area contributed by atoms with E-state index in [9.17, 15) is 1.37 Å². The van der Waals surface area contributed by atoms with Crippen LogP contribution in [0.25, 0.3) is 156 Å². The van der Waals surface area contributed by atoms with Crippen molar-refractivity contribution in [1.29, 1.82) is 0 Å². The molecule has 0 bridgehead atoms. The summed E-state index contributed by atoms with van der Waals surface area (Å²) in [6, 6.07) is 87.8. The van der Waals surface area contributed by atoms with Crippen LogP contribution in [0.4, 0.5) is 0 Å². The zero-order valence-electron chi connectivity index (χ0n) is 136. The molecular formula is C142H150N5+5. The van der Waals surface area contributed by atoms with E-state index in [0.29, 0.717) is 125 Å². The molecule has 0 unspecified atom stereocenters. The summed E-state index contributed by atoms with van der Waals surface area (Å²) in [4.78, 5) is 0. The molecular weight excluding hydrogens is 1780 g/mol. The predicted molar refractivity (Wildman–Crippen MR) is 624 cm³/mol. The maximum atomic E-state index is 9.26. The van der Waals surface area contributed by atoms with Gasteiger partial charge in [0.1, 0.15) is 35.2 Å². The number of rotatable bonds is 15. The summed E-state index contributed by atoms with van der Waals surface area (Å²) >= 11 is 0. The molecule has 5 nitrogen and oxygen atoms in total. The molecule has 0 amide bonds. The van der Waals surface area contributed by atoms with Gasteiger partial charge in [-0.2, -0.15) is 0 Å². The molecule has 0 N–H and O–H groups in total. The summed E-state index contributed by atoms with van der Waals surface area (Å²) < 4.78 is 433. The van der Waals surface area contributed by atoms with Crippen molar-refractivity contribution in [2.45, 2.75) is 189 Å². The van der Waals surface area contributed by atoms with Crippen LogP contribution < -0.4 is 22.8 Å². The lowest BCUT2D eigenvalue weighted by atomic mass is 9.82. The average molecular weight is 1980 g/mol. The second kappa shape index (κ2) is 46.1. The minimum absolute atomic E-state index is 0.000258. The molecule has 1 fully saturated rings. The molecule has 738 valence electrons. The van der Waals surface area contributed by atoms with Gasteiger partial charge in [0.05, 0.1) is 0 Å². The molecule has 0 aliphatic heterocycles. The molecule has 1 aliphatic rings. The van der Waals surface area contributed by atoms with Crippen molar-refractivity contribution in [2.75, 3.05) is 0 Å². The van der Waals surface area contributed by atoms with Crippen LogP contribution in [0.2, 0.25) is 0 Å². The number of benzene rings is 14. The number of nitrogens with zero attached hydrogens (tertiary/aromatic N) is 5. The maximum absolute atomic E-state index is 9.26. The minimum Gasteiger partial charge on any atom is -0.201 e. The number of hydrogen-bond acceptors (Lipinski definition) is 0. The molecule has 0 radical (unpaired) electrons. The van der Waals surface area contributed by atoms with Crippen molar-refractivity contribution >= 4 is 0 Å². The molecule has 0 atom stereocenters. The second-order valence-electron chi connectivity index (χ2n) is 37.3. The molecule has 19 aromatic rings. The highest BCUT2D eigenvalue weighted by atomic mass is 14.9. The van der Waals surface area contributed by atoms with E-state index < -0.39 is 122 Å². The maximum Gasteiger partial charge on any atom is 0.213 e. The molecule has 20 rings (SSSR count). The van der Waals surface area contributed by atoms with Crippen molar-refractivity contribution in [3.8, 4) is 156 Å². The van der Waals surface area contributed by atoms with Crippen molar-refractivity contribution in [3.05, 3.63) is 480 Å². The molecule has 5 heterocycles. The van der Waals surface area contributed by atoms with Crippen LogP contribution >= 0.6 is 0 Å². The van der Waals surface area contributed by atoms with Gasteiger partial charge in [-0.05, 0) is 406 Å². The van der Waals surface area contributed by atoms with E-state index in [2.05, 4.69) is 6.07 Å². The number of aromatic nitrogens is 5. The highest BCUT2D eigenvalue weighted by molar-refractivity contribution is 5.86. The first kappa shape index (κ1) is 57.1. The third kappa shape index (κ3) is 23.2. The Morgan fingerprint density at radius 1 is 0.184 bits per heavy atom. The molecule has 1 aliphatic carbocycles. The quantitative estimate of drug-likeness (QED) is 0.0912. The summed E-state index contributed by atoms with van der Waals surface area (Å²) in [5.74, 6) is -1.03. The van der Waals surface area contributed by atoms with Gasteiger partial charge in [0, 0.05) is 158 Å². The average Bonchev–Trinajstić information content (AvgIpc) is 0.736. The van der Waals surface area contributed by atoms with E-state index in [0.717, 1.165) is 52.8 Å². The highest BCUT2D eigenvalue weighted by Gasteiger charge is 2.29. The molecule has 14 aromatic carbocycles. The van der Waals surface area contributed by atoms with E-state index in [1.807, 2.05) is 97.5 Å². The van der Waals surface area contributed by atoms with E-state index in [1.165, 1.54) is 95.8 Å². The first-order valence-corrected chi connectivity index (χ1v) is 48.3. The predicted octanol–water partition coefficient (Wildman–Crippen LogP) is 34.7. The van der Waals surface area contributed by atoms with Gasteiger partial charge in [0.15, 0.2) is 31.0 Å². The van der Waals surface area contributed by atoms with Gasteiger partial charge >= 0.3 is 0 Å².